The largest absolute Gasteiger partial charge is 0.462 e. The third-order valence-corrected chi connectivity index (χ3v) is 11.8. The van der Waals surface area contributed by atoms with Crippen molar-refractivity contribution in [1.29, 1.82) is 0 Å². The second-order valence-corrected chi connectivity index (χ2v) is 18.0. The van der Waals surface area contributed by atoms with Gasteiger partial charge in [-0.3, -0.25) is 9.59 Å². The first-order chi connectivity index (χ1) is 31.0. The average molecular weight is 880 g/mol. The van der Waals surface area contributed by atoms with Crippen molar-refractivity contribution in [3.05, 3.63) is 72.9 Å². The highest BCUT2D eigenvalue weighted by molar-refractivity contribution is 5.77. The molecular weight excluding hydrogens is 779 g/mol. The van der Waals surface area contributed by atoms with Crippen molar-refractivity contribution in [3.8, 4) is 0 Å². The molecule has 6 heteroatoms. The van der Waals surface area contributed by atoms with Crippen LogP contribution in [0.1, 0.15) is 252 Å². The van der Waals surface area contributed by atoms with Crippen LogP contribution >= 0.6 is 0 Å². The van der Waals surface area contributed by atoms with E-state index in [0.29, 0.717) is 19.3 Å². The first-order valence-corrected chi connectivity index (χ1v) is 26.7. The van der Waals surface area contributed by atoms with Crippen molar-refractivity contribution in [3.63, 3.8) is 0 Å². The molecule has 3 atom stereocenters. The molecule has 0 aliphatic carbocycles. The highest BCUT2D eigenvalue weighted by Gasteiger charge is 2.24. The number of aliphatic hydroxyl groups excluding tert-OH is 2. The molecule has 0 saturated heterocycles. The van der Waals surface area contributed by atoms with Crippen molar-refractivity contribution >= 4 is 11.9 Å². The first-order valence-electron chi connectivity index (χ1n) is 26.7. The maximum absolute atomic E-state index is 13.2. The molecule has 0 aromatic rings. The summed E-state index contributed by atoms with van der Waals surface area (Å²) < 4.78 is 5.92. The lowest BCUT2D eigenvalue weighted by molar-refractivity contribution is -0.151. The number of esters is 1. The Bertz CT molecular complexity index is 1170. The van der Waals surface area contributed by atoms with Gasteiger partial charge in [0.1, 0.15) is 6.10 Å². The highest BCUT2D eigenvalue weighted by atomic mass is 16.5. The summed E-state index contributed by atoms with van der Waals surface area (Å²) in [6.07, 6.45) is 63.9. The molecule has 0 heterocycles. The summed E-state index contributed by atoms with van der Waals surface area (Å²) in [4.78, 5) is 26.2. The highest BCUT2D eigenvalue weighted by Crippen LogP contribution is 2.17. The van der Waals surface area contributed by atoms with E-state index >= 15 is 0 Å². The fourth-order valence-electron chi connectivity index (χ4n) is 7.73. The molecule has 3 N–H and O–H groups in total. The Morgan fingerprint density at radius 1 is 0.476 bits per heavy atom. The SMILES string of the molecule is CCCCC/C=C\C/C=C\C/C=C\CCCCC(CC(=O)NC(CO)C(O)CCCCCCCCCCCCC)OC(=O)CCCCCCC/C=C/C=C/C=C/CCCCCCC. The molecule has 1 amide bonds. The van der Waals surface area contributed by atoms with Crippen molar-refractivity contribution in [1.82, 2.24) is 5.32 Å². The average Bonchev–Trinajstić information content (AvgIpc) is 3.28. The Morgan fingerprint density at radius 2 is 0.873 bits per heavy atom. The lowest BCUT2D eigenvalue weighted by atomic mass is 10.0. The summed E-state index contributed by atoms with van der Waals surface area (Å²) in [5, 5.41) is 23.7. The summed E-state index contributed by atoms with van der Waals surface area (Å²) in [5.41, 5.74) is 0. The molecule has 364 valence electrons. The van der Waals surface area contributed by atoms with E-state index in [0.717, 1.165) is 89.9 Å². The summed E-state index contributed by atoms with van der Waals surface area (Å²) in [6, 6.07) is -0.721. The molecule has 3 unspecified atom stereocenters. The minimum atomic E-state index is -0.804. The molecule has 0 rings (SSSR count). The predicted molar refractivity (Wildman–Crippen MR) is 273 cm³/mol. The van der Waals surface area contributed by atoms with Crippen LogP contribution in [0.15, 0.2) is 72.9 Å². The number of amides is 1. The third kappa shape index (κ3) is 45.7. The van der Waals surface area contributed by atoms with Crippen LogP contribution < -0.4 is 5.32 Å². The van der Waals surface area contributed by atoms with Gasteiger partial charge in [0.05, 0.1) is 25.2 Å². The van der Waals surface area contributed by atoms with E-state index in [4.69, 9.17) is 4.74 Å². The second-order valence-electron chi connectivity index (χ2n) is 18.0. The minimum absolute atomic E-state index is 0.0409. The van der Waals surface area contributed by atoms with E-state index < -0.39 is 18.2 Å². The van der Waals surface area contributed by atoms with Crippen LogP contribution in [0.5, 0.6) is 0 Å². The number of aliphatic hydroxyl groups is 2. The van der Waals surface area contributed by atoms with Gasteiger partial charge in [-0.15, -0.1) is 0 Å². The smallest absolute Gasteiger partial charge is 0.306 e. The van der Waals surface area contributed by atoms with Crippen LogP contribution in [-0.2, 0) is 14.3 Å². The Balaban J connectivity index is 4.69. The van der Waals surface area contributed by atoms with Gasteiger partial charge >= 0.3 is 5.97 Å². The summed E-state index contributed by atoms with van der Waals surface area (Å²) >= 11 is 0. The normalized spacial score (nSPS) is 13.8. The molecule has 0 radical (unpaired) electrons. The van der Waals surface area contributed by atoms with Crippen molar-refractivity contribution in [2.45, 2.75) is 270 Å². The maximum atomic E-state index is 13.2. The van der Waals surface area contributed by atoms with Crippen molar-refractivity contribution in [2.24, 2.45) is 0 Å². The second kappa shape index (κ2) is 50.3. The lowest BCUT2D eigenvalue weighted by Gasteiger charge is -2.24. The van der Waals surface area contributed by atoms with E-state index in [1.807, 2.05) is 0 Å². The first kappa shape index (κ1) is 60.3. The Hall–Kier alpha value is -2.70. The summed E-state index contributed by atoms with van der Waals surface area (Å²) in [7, 11) is 0. The number of carbonyl (C=O) groups excluding carboxylic acids is 2. The Labute approximate surface area is 390 Å². The van der Waals surface area contributed by atoms with E-state index in [-0.39, 0.29) is 24.9 Å². The fraction of sp³-hybridized carbons (Fsp3) is 0.754. The van der Waals surface area contributed by atoms with Gasteiger partial charge in [0.25, 0.3) is 0 Å². The van der Waals surface area contributed by atoms with Gasteiger partial charge in [-0.25, -0.2) is 0 Å². The molecule has 63 heavy (non-hydrogen) atoms. The van der Waals surface area contributed by atoms with Crippen molar-refractivity contribution in [2.75, 3.05) is 6.61 Å². The van der Waals surface area contributed by atoms with Crippen LogP contribution in [0.3, 0.4) is 0 Å². The number of carbonyl (C=O) groups is 2. The van der Waals surface area contributed by atoms with Crippen molar-refractivity contribution < 1.29 is 24.5 Å². The van der Waals surface area contributed by atoms with Gasteiger partial charge in [0.2, 0.25) is 5.91 Å². The van der Waals surface area contributed by atoms with Gasteiger partial charge in [-0.1, -0.05) is 222 Å². The van der Waals surface area contributed by atoms with E-state index in [2.05, 4.69) is 99.0 Å². The fourth-order valence-corrected chi connectivity index (χ4v) is 7.73. The van der Waals surface area contributed by atoms with Crippen LogP contribution in [0.25, 0.3) is 0 Å². The number of ether oxygens (including phenoxy) is 1. The van der Waals surface area contributed by atoms with Crippen LogP contribution in [0.2, 0.25) is 0 Å². The molecule has 0 aromatic carbocycles. The molecular formula is C57H101NO5. The standard InChI is InChI=1S/C57H101NO5/c1-4-7-10-13-16-19-22-24-26-27-28-30-32-35-38-41-44-47-50-57(62)63-53(48-45-42-39-36-34-31-29-25-23-20-17-14-11-8-5-2)51-56(61)58-54(52-59)55(60)49-46-43-40-37-33-21-18-15-12-9-6-3/h17,20,22,24-30,34,36,53-55,59-60H,4-16,18-19,21,23,31-33,35,37-52H2,1-3H3,(H,58,61)/b20-17-,24-22+,27-26+,29-25-,30-28+,36-34-. The third-order valence-electron chi connectivity index (χ3n) is 11.8. The van der Waals surface area contributed by atoms with Gasteiger partial charge in [-0.2, -0.15) is 0 Å². The summed E-state index contributed by atoms with van der Waals surface area (Å²) in [6.45, 7) is 6.42. The molecule has 0 aliphatic rings. The van der Waals surface area contributed by atoms with Crippen LogP contribution in [0.4, 0.5) is 0 Å². The zero-order valence-corrected chi connectivity index (χ0v) is 41.4. The summed E-state index contributed by atoms with van der Waals surface area (Å²) in [5.74, 6) is -0.535. The van der Waals surface area contributed by atoms with Gasteiger partial charge in [0.15, 0.2) is 0 Å². The van der Waals surface area contributed by atoms with E-state index in [9.17, 15) is 19.8 Å². The Kier molecular flexibility index (Phi) is 48.1. The number of hydrogen-bond donors (Lipinski definition) is 3. The van der Waals surface area contributed by atoms with E-state index in [1.54, 1.807) is 0 Å². The quantitative estimate of drug-likeness (QED) is 0.0245. The van der Waals surface area contributed by atoms with Gasteiger partial charge in [-0.05, 0) is 89.9 Å². The molecule has 0 fully saturated rings. The number of allylic oxidation sites excluding steroid dienone is 12. The van der Waals surface area contributed by atoms with Crippen LogP contribution in [0, 0.1) is 0 Å². The molecule has 0 bridgehead atoms. The zero-order valence-electron chi connectivity index (χ0n) is 41.4. The molecule has 6 nitrogen and oxygen atoms in total. The number of hydrogen-bond acceptors (Lipinski definition) is 5. The molecule has 0 saturated carbocycles. The zero-order chi connectivity index (χ0) is 45.9. The predicted octanol–water partition coefficient (Wildman–Crippen LogP) is 16.2. The van der Waals surface area contributed by atoms with Gasteiger partial charge < -0.3 is 20.3 Å². The van der Waals surface area contributed by atoms with Gasteiger partial charge in [0, 0.05) is 6.42 Å². The van der Waals surface area contributed by atoms with Crippen LogP contribution in [-0.4, -0.2) is 46.9 Å². The number of unbranched alkanes of at least 4 members (excludes halogenated alkanes) is 25. The topological polar surface area (TPSA) is 95.9 Å². The Morgan fingerprint density at radius 3 is 1.40 bits per heavy atom. The molecule has 0 aliphatic heterocycles. The number of nitrogens with one attached hydrogen (secondary N) is 1. The minimum Gasteiger partial charge on any atom is -0.462 e. The molecule has 0 spiro atoms. The maximum Gasteiger partial charge on any atom is 0.306 e. The van der Waals surface area contributed by atoms with E-state index in [1.165, 1.54) is 116 Å². The molecule has 0 aromatic heterocycles. The monoisotopic (exact) mass is 880 g/mol. The number of rotatable bonds is 47. The lowest BCUT2D eigenvalue weighted by Crippen LogP contribution is -2.46.